The predicted octanol–water partition coefficient (Wildman–Crippen LogP) is 3.04. The Morgan fingerprint density at radius 2 is 2.05 bits per heavy atom. The molecule has 0 atom stereocenters. The molecule has 0 amide bonds. The first-order valence-electron chi connectivity index (χ1n) is 5.10. The second kappa shape index (κ2) is 5.39. The number of hydrogen-bond acceptors (Lipinski definition) is 4. The molecular formula is C11H7ClFNO4S2. The monoisotopic (exact) mass is 335 g/mol. The Labute approximate surface area is 122 Å². The average molecular weight is 336 g/mol. The third kappa shape index (κ3) is 2.77. The van der Waals surface area contributed by atoms with Crippen LogP contribution in [0.3, 0.4) is 0 Å². The highest BCUT2D eigenvalue weighted by Gasteiger charge is 2.25. The minimum Gasteiger partial charge on any atom is -0.477 e. The molecule has 1 aromatic heterocycles. The minimum atomic E-state index is -4.24. The highest BCUT2D eigenvalue weighted by Crippen LogP contribution is 2.29. The number of anilines is 1. The van der Waals surface area contributed by atoms with Crippen molar-refractivity contribution >= 4 is 44.6 Å². The summed E-state index contributed by atoms with van der Waals surface area (Å²) < 4.78 is 39.7. The molecule has 0 bridgehead atoms. The van der Waals surface area contributed by atoms with Crippen LogP contribution in [0.1, 0.15) is 9.67 Å². The number of carboxylic acids is 1. The number of aromatic carboxylic acids is 1. The van der Waals surface area contributed by atoms with Gasteiger partial charge in [-0.3, -0.25) is 4.72 Å². The van der Waals surface area contributed by atoms with Crippen molar-refractivity contribution in [1.82, 2.24) is 0 Å². The molecule has 0 aliphatic heterocycles. The number of para-hydroxylation sites is 1. The molecule has 1 aromatic carbocycles. The first kappa shape index (κ1) is 14.8. The molecule has 5 nitrogen and oxygen atoms in total. The summed E-state index contributed by atoms with van der Waals surface area (Å²) >= 11 is 6.48. The second-order valence-corrected chi connectivity index (χ2v) is 6.60. The molecule has 0 saturated carbocycles. The van der Waals surface area contributed by atoms with Crippen LogP contribution in [0, 0.1) is 5.82 Å². The molecule has 106 valence electrons. The number of halogens is 2. The number of rotatable bonds is 4. The van der Waals surface area contributed by atoms with Crippen LogP contribution in [0.25, 0.3) is 0 Å². The van der Waals surface area contributed by atoms with Crippen molar-refractivity contribution in [3.05, 3.63) is 45.4 Å². The molecule has 20 heavy (non-hydrogen) atoms. The lowest BCUT2D eigenvalue weighted by Gasteiger charge is -2.10. The van der Waals surface area contributed by atoms with Gasteiger partial charge in [0.2, 0.25) is 0 Å². The van der Waals surface area contributed by atoms with Gasteiger partial charge in [-0.2, -0.15) is 0 Å². The molecule has 0 fully saturated rings. The van der Waals surface area contributed by atoms with Gasteiger partial charge in [-0.1, -0.05) is 17.7 Å². The van der Waals surface area contributed by atoms with Crippen LogP contribution >= 0.6 is 22.9 Å². The van der Waals surface area contributed by atoms with Crippen LogP contribution < -0.4 is 4.72 Å². The van der Waals surface area contributed by atoms with E-state index in [1.165, 1.54) is 17.5 Å². The first-order valence-corrected chi connectivity index (χ1v) is 7.84. The standard InChI is InChI=1S/C11H7ClFNO4S2/c12-6-2-1-3-7(13)9(6)14-20(17,18)8-4-5-19-10(8)11(15)16/h1-5,14H,(H,15,16). The van der Waals surface area contributed by atoms with E-state index in [4.69, 9.17) is 16.7 Å². The van der Waals surface area contributed by atoms with Gasteiger partial charge in [0.15, 0.2) is 0 Å². The van der Waals surface area contributed by atoms with E-state index in [0.717, 1.165) is 23.5 Å². The average Bonchev–Trinajstić information content (AvgIpc) is 2.84. The van der Waals surface area contributed by atoms with Gasteiger partial charge in [-0.25, -0.2) is 17.6 Å². The van der Waals surface area contributed by atoms with E-state index in [0.29, 0.717) is 0 Å². The van der Waals surface area contributed by atoms with Crippen molar-refractivity contribution < 1.29 is 22.7 Å². The number of carbonyl (C=O) groups is 1. The van der Waals surface area contributed by atoms with Crippen LogP contribution in [0.5, 0.6) is 0 Å². The lowest BCUT2D eigenvalue weighted by atomic mass is 10.3. The number of sulfonamides is 1. The Hall–Kier alpha value is -1.64. The second-order valence-electron chi connectivity index (χ2n) is 3.62. The molecule has 2 rings (SSSR count). The van der Waals surface area contributed by atoms with Gasteiger partial charge >= 0.3 is 5.97 Å². The molecule has 0 spiro atoms. The third-order valence-corrected chi connectivity index (χ3v) is 5.05. The van der Waals surface area contributed by atoms with E-state index in [-0.39, 0.29) is 9.90 Å². The van der Waals surface area contributed by atoms with E-state index in [2.05, 4.69) is 0 Å². The van der Waals surface area contributed by atoms with E-state index in [1.807, 2.05) is 4.72 Å². The number of carboxylic acid groups (broad SMARTS) is 1. The van der Waals surface area contributed by atoms with E-state index in [9.17, 15) is 17.6 Å². The van der Waals surface area contributed by atoms with Crippen molar-refractivity contribution in [2.75, 3.05) is 4.72 Å². The molecule has 2 aromatic rings. The quantitative estimate of drug-likeness (QED) is 0.899. The van der Waals surface area contributed by atoms with Gasteiger partial charge in [0.05, 0.1) is 5.02 Å². The van der Waals surface area contributed by atoms with Crippen LogP contribution in [0.15, 0.2) is 34.5 Å². The normalized spacial score (nSPS) is 11.3. The van der Waals surface area contributed by atoms with Crippen LogP contribution in [0.4, 0.5) is 10.1 Å². The Kier molecular flexibility index (Phi) is 3.98. The van der Waals surface area contributed by atoms with Crippen molar-refractivity contribution in [2.45, 2.75) is 4.90 Å². The van der Waals surface area contributed by atoms with Crippen molar-refractivity contribution in [1.29, 1.82) is 0 Å². The zero-order valence-corrected chi connectivity index (χ0v) is 12.0. The lowest BCUT2D eigenvalue weighted by Crippen LogP contribution is -2.16. The third-order valence-electron chi connectivity index (χ3n) is 2.31. The Bertz CT molecular complexity index is 752. The predicted molar refractivity (Wildman–Crippen MR) is 73.5 cm³/mol. The number of nitrogens with one attached hydrogen (secondary N) is 1. The van der Waals surface area contributed by atoms with Gasteiger partial charge in [0.25, 0.3) is 10.0 Å². The van der Waals surface area contributed by atoms with Gasteiger partial charge in [-0.05, 0) is 23.6 Å². The summed E-state index contributed by atoms with van der Waals surface area (Å²) in [7, 11) is -4.24. The highest BCUT2D eigenvalue weighted by atomic mass is 35.5. The maximum absolute atomic E-state index is 13.6. The van der Waals surface area contributed by atoms with Crippen molar-refractivity contribution in [3.63, 3.8) is 0 Å². The number of thiophene rings is 1. The fourth-order valence-corrected chi connectivity index (χ4v) is 4.07. The molecule has 9 heteroatoms. The van der Waals surface area contributed by atoms with E-state index >= 15 is 0 Å². The maximum atomic E-state index is 13.6. The number of hydrogen-bond donors (Lipinski definition) is 2. The zero-order valence-electron chi connectivity index (χ0n) is 9.63. The molecule has 0 unspecified atom stereocenters. The first-order chi connectivity index (χ1) is 9.33. The zero-order chi connectivity index (χ0) is 14.9. The molecule has 2 N–H and O–H groups in total. The Morgan fingerprint density at radius 1 is 1.35 bits per heavy atom. The lowest BCUT2D eigenvalue weighted by molar-refractivity contribution is 0.0698. The summed E-state index contributed by atoms with van der Waals surface area (Å²) in [5, 5.41) is 10.1. The fourth-order valence-electron chi connectivity index (χ4n) is 1.45. The van der Waals surface area contributed by atoms with Crippen LogP contribution in [-0.2, 0) is 10.0 Å². The summed E-state index contributed by atoms with van der Waals surface area (Å²) in [6.45, 7) is 0. The maximum Gasteiger partial charge on any atom is 0.347 e. The van der Waals surface area contributed by atoms with Gasteiger partial charge in [0.1, 0.15) is 21.3 Å². The summed E-state index contributed by atoms with van der Waals surface area (Å²) in [6, 6.07) is 4.80. The molecular weight excluding hydrogens is 329 g/mol. The largest absolute Gasteiger partial charge is 0.477 e. The molecule has 0 aliphatic carbocycles. The van der Waals surface area contributed by atoms with Crippen LogP contribution in [0.2, 0.25) is 5.02 Å². The fraction of sp³-hybridized carbons (Fsp3) is 0. The van der Waals surface area contributed by atoms with Gasteiger partial charge in [0, 0.05) is 0 Å². The molecule has 0 aliphatic rings. The van der Waals surface area contributed by atoms with E-state index in [1.54, 1.807) is 0 Å². The van der Waals surface area contributed by atoms with E-state index < -0.39 is 32.4 Å². The summed E-state index contributed by atoms with van der Waals surface area (Å²) in [6.07, 6.45) is 0. The molecule has 0 saturated heterocycles. The summed E-state index contributed by atoms with van der Waals surface area (Å²) in [5.74, 6) is -2.23. The smallest absolute Gasteiger partial charge is 0.347 e. The SMILES string of the molecule is O=C(O)c1sccc1S(=O)(=O)Nc1c(F)cccc1Cl. The molecule has 1 heterocycles. The minimum absolute atomic E-state index is 0.124. The molecule has 0 radical (unpaired) electrons. The summed E-state index contributed by atoms with van der Waals surface area (Å²) in [4.78, 5) is 10.1. The summed E-state index contributed by atoms with van der Waals surface area (Å²) in [5.41, 5.74) is -0.420. The Morgan fingerprint density at radius 3 is 2.65 bits per heavy atom. The van der Waals surface area contributed by atoms with Crippen molar-refractivity contribution in [2.24, 2.45) is 0 Å². The van der Waals surface area contributed by atoms with Gasteiger partial charge in [-0.15, -0.1) is 11.3 Å². The van der Waals surface area contributed by atoms with Crippen LogP contribution in [-0.4, -0.2) is 19.5 Å². The van der Waals surface area contributed by atoms with Crippen molar-refractivity contribution in [3.8, 4) is 0 Å². The topological polar surface area (TPSA) is 83.5 Å². The highest BCUT2D eigenvalue weighted by molar-refractivity contribution is 7.93. The van der Waals surface area contributed by atoms with Gasteiger partial charge < -0.3 is 5.11 Å². The Balaban J connectivity index is 2.47. The number of benzene rings is 1.